The third-order valence-corrected chi connectivity index (χ3v) is 7.43. The van der Waals surface area contributed by atoms with Gasteiger partial charge in [0, 0.05) is 42.9 Å². The summed E-state index contributed by atoms with van der Waals surface area (Å²) in [6, 6.07) is 0. The molecule has 1 amide bonds. The lowest BCUT2D eigenvalue weighted by atomic mass is 9.71. The van der Waals surface area contributed by atoms with Gasteiger partial charge < -0.3 is 14.5 Å². The zero-order valence-electron chi connectivity index (χ0n) is 18.4. The van der Waals surface area contributed by atoms with E-state index in [1.165, 1.54) is 0 Å². The second-order valence-electron chi connectivity index (χ2n) is 10.8. The van der Waals surface area contributed by atoms with Gasteiger partial charge >= 0.3 is 12.1 Å². The molecule has 0 N–H and O–H groups in total. The van der Waals surface area contributed by atoms with Crippen LogP contribution in [0.4, 0.5) is 18.3 Å². The normalized spacial score (nSPS) is 26.7. The van der Waals surface area contributed by atoms with E-state index < -0.39 is 28.8 Å². The first-order valence-corrected chi connectivity index (χ1v) is 11.3. The predicted molar refractivity (Wildman–Crippen MR) is 110 cm³/mol. The minimum absolute atomic E-state index is 0.00985. The zero-order chi connectivity index (χ0) is 23.0. The summed E-state index contributed by atoms with van der Waals surface area (Å²) in [6.07, 6.45) is -3.65. The summed E-state index contributed by atoms with van der Waals surface area (Å²) in [5.74, 6) is -0.788. The maximum atomic E-state index is 13.0. The van der Waals surface area contributed by atoms with Crippen LogP contribution in [0.3, 0.4) is 0 Å². The first kappa shape index (κ1) is 22.4. The Morgan fingerprint density at radius 2 is 1.77 bits per heavy atom. The van der Waals surface area contributed by atoms with Gasteiger partial charge in [0.1, 0.15) is 5.60 Å². The highest BCUT2D eigenvalue weighted by Crippen LogP contribution is 2.55. The lowest BCUT2D eigenvalue weighted by Gasteiger charge is -2.50. The van der Waals surface area contributed by atoms with Gasteiger partial charge in [-0.1, -0.05) is 13.8 Å². The molecule has 1 aliphatic carbocycles. The Morgan fingerprint density at radius 3 is 2.26 bits per heavy atom. The number of ether oxygens (including phenoxy) is 1. The number of hydrogen-bond donors (Lipinski definition) is 0. The van der Waals surface area contributed by atoms with E-state index in [1.807, 2.05) is 0 Å². The minimum atomic E-state index is -4.51. The molecule has 1 spiro atoms. The van der Waals surface area contributed by atoms with Gasteiger partial charge in [0.15, 0.2) is 10.8 Å². The van der Waals surface area contributed by atoms with Crippen molar-refractivity contribution in [1.82, 2.24) is 9.88 Å². The molecule has 2 aliphatic heterocycles. The molecule has 4 rings (SSSR count). The molecule has 1 saturated carbocycles. The number of carbonyl (C=O) groups is 2. The number of alkyl halides is 3. The lowest BCUT2D eigenvalue weighted by molar-refractivity contribution is -0.171. The second-order valence-corrected chi connectivity index (χ2v) is 11.6. The van der Waals surface area contributed by atoms with Gasteiger partial charge in [0.05, 0.1) is 5.92 Å². The van der Waals surface area contributed by atoms with Gasteiger partial charge in [-0.2, -0.15) is 13.2 Å². The molecule has 2 saturated heterocycles. The number of anilines is 1. The highest BCUT2D eigenvalue weighted by atomic mass is 32.1. The topological polar surface area (TPSA) is 62.7 Å². The van der Waals surface area contributed by atoms with Gasteiger partial charge in [-0.25, -0.2) is 4.98 Å². The fourth-order valence-electron chi connectivity index (χ4n) is 4.65. The average Bonchev–Trinajstić information content (AvgIpc) is 3.00. The quantitative estimate of drug-likeness (QED) is 0.644. The number of esters is 1. The molecular weight excluding hydrogens is 431 g/mol. The molecule has 31 heavy (non-hydrogen) atoms. The van der Waals surface area contributed by atoms with Crippen LogP contribution in [0.15, 0.2) is 5.38 Å². The number of carbonyl (C=O) groups excluding carboxylic acids is 2. The van der Waals surface area contributed by atoms with Crippen LogP contribution >= 0.6 is 11.3 Å². The van der Waals surface area contributed by atoms with Crippen LogP contribution in [-0.2, 0) is 20.5 Å². The van der Waals surface area contributed by atoms with E-state index in [-0.39, 0.29) is 34.9 Å². The Labute approximate surface area is 183 Å². The van der Waals surface area contributed by atoms with Crippen molar-refractivity contribution in [3.63, 3.8) is 0 Å². The number of thiazole rings is 1. The predicted octanol–water partition coefficient (Wildman–Crippen LogP) is 3.81. The maximum absolute atomic E-state index is 13.0. The van der Waals surface area contributed by atoms with Gasteiger partial charge in [0.25, 0.3) is 0 Å². The van der Waals surface area contributed by atoms with Crippen LogP contribution in [0.2, 0.25) is 0 Å². The van der Waals surface area contributed by atoms with E-state index in [1.54, 1.807) is 30.6 Å². The van der Waals surface area contributed by atoms with E-state index in [4.69, 9.17) is 4.74 Å². The number of halogens is 3. The van der Waals surface area contributed by atoms with Crippen LogP contribution in [0.25, 0.3) is 0 Å². The molecule has 0 unspecified atom stereocenters. The fourth-order valence-corrected chi connectivity index (χ4v) is 5.49. The average molecular weight is 460 g/mol. The highest BCUT2D eigenvalue weighted by Gasteiger charge is 2.62. The third-order valence-electron chi connectivity index (χ3n) is 6.53. The summed E-state index contributed by atoms with van der Waals surface area (Å²) in [6.45, 7) is 10.9. The molecule has 10 heteroatoms. The van der Waals surface area contributed by atoms with Crippen molar-refractivity contribution in [2.45, 2.75) is 52.8 Å². The largest absolute Gasteiger partial charge is 0.460 e. The summed E-state index contributed by atoms with van der Waals surface area (Å²) >= 11 is 0.920. The Hall–Kier alpha value is -1.84. The SMILES string of the molecule is CC(C)(C)OC(=O)[C@@H]1CN(c2nc(C(F)(F)F)cs2)CC12CN(C(=O)[C@H]1CC1(C)C)C2. The van der Waals surface area contributed by atoms with Gasteiger partial charge in [0.2, 0.25) is 5.91 Å². The van der Waals surface area contributed by atoms with Gasteiger partial charge in [-0.3, -0.25) is 9.59 Å². The molecule has 1 aromatic rings. The second kappa shape index (κ2) is 6.83. The Bertz CT molecular complexity index is 900. The molecule has 0 aromatic carbocycles. The Morgan fingerprint density at radius 1 is 1.16 bits per heavy atom. The molecule has 0 radical (unpaired) electrons. The molecule has 3 fully saturated rings. The summed E-state index contributed by atoms with van der Waals surface area (Å²) in [5.41, 5.74) is -2.11. The van der Waals surface area contributed by atoms with Crippen molar-refractivity contribution in [3.05, 3.63) is 11.1 Å². The number of hydrogen-bond acceptors (Lipinski definition) is 6. The molecule has 2 atom stereocenters. The molecule has 0 bridgehead atoms. The monoisotopic (exact) mass is 459 g/mol. The van der Waals surface area contributed by atoms with Crippen LogP contribution in [0.1, 0.15) is 46.7 Å². The molecule has 172 valence electrons. The van der Waals surface area contributed by atoms with Crippen LogP contribution in [-0.4, -0.2) is 53.5 Å². The van der Waals surface area contributed by atoms with Gasteiger partial charge in [-0.15, -0.1) is 11.3 Å². The summed E-state index contributed by atoms with van der Waals surface area (Å²) in [7, 11) is 0. The van der Waals surface area contributed by atoms with E-state index in [0.717, 1.165) is 23.1 Å². The van der Waals surface area contributed by atoms with Crippen molar-refractivity contribution in [3.8, 4) is 0 Å². The Kier molecular flexibility index (Phi) is 4.92. The van der Waals surface area contributed by atoms with Crippen molar-refractivity contribution in [2.24, 2.45) is 22.7 Å². The van der Waals surface area contributed by atoms with Crippen LogP contribution in [0, 0.1) is 22.7 Å². The summed E-state index contributed by atoms with van der Waals surface area (Å²) in [4.78, 5) is 33.0. The van der Waals surface area contributed by atoms with E-state index >= 15 is 0 Å². The van der Waals surface area contributed by atoms with Crippen molar-refractivity contribution in [2.75, 3.05) is 31.1 Å². The van der Waals surface area contributed by atoms with Crippen LogP contribution in [0.5, 0.6) is 0 Å². The van der Waals surface area contributed by atoms with Crippen molar-refractivity contribution in [1.29, 1.82) is 0 Å². The van der Waals surface area contributed by atoms with Gasteiger partial charge in [-0.05, 0) is 32.6 Å². The number of aromatic nitrogens is 1. The summed E-state index contributed by atoms with van der Waals surface area (Å²) < 4.78 is 44.6. The Balaban J connectivity index is 1.53. The highest BCUT2D eigenvalue weighted by molar-refractivity contribution is 7.13. The lowest BCUT2D eigenvalue weighted by Crippen LogP contribution is -2.64. The van der Waals surface area contributed by atoms with E-state index in [2.05, 4.69) is 18.8 Å². The molecule has 3 aliphatic rings. The zero-order valence-corrected chi connectivity index (χ0v) is 19.2. The molecule has 3 heterocycles. The number of nitrogens with zero attached hydrogens (tertiary/aromatic N) is 3. The van der Waals surface area contributed by atoms with Crippen molar-refractivity contribution >= 4 is 28.3 Å². The maximum Gasteiger partial charge on any atom is 0.434 e. The smallest absolute Gasteiger partial charge is 0.434 e. The summed E-state index contributed by atoms with van der Waals surface area (Å²) in [5, 5.41) is 1.24. The third kappa shape index (κ3) is 4.15. The molecular formula is C21H28F3N3O3S. The number of amides is 1. The number of rotatable bonds is 3. The first-order chi connectivity index (χ1) is 14.1. The van der Waals surface area contributed by atoms with Crippen LogP contribution < -0.4 is 4.90 Å². The number of likely N-dealkylation sites (tertiary alicyclic amines) is 1. The van der Waals surface area contributed by atoms with E-state index in [0.29, 0.717) is 19.6 Å². The van der Waals surface area contributed by atoms with E-state index in [9.17, 15) is 22.8 Å². The van der Waals surface area contributed by atoms with Crippen molar-refractivity contribution < 1.29 is 27.5 Å². The fraction of sp³-hybridized carbons (Fsp3) is 0.762. The molecule has 1 aromatic heterocycles. The minimum Gasteiger partial charge on any atom is -0.460 e. The standard InChI is InChI=1S/C21H28F3N3O3S/c1-18(2,3)30-16(29)13-7-26(17-25-14(8-31-17)21(22,23)24)9-20(13)10-27(11-20)15(28)12-6-19(12,4)5/h8,12-13H,6-7,9-11H2,1-5H3/t12-,13+/m1/s1. The molecule has 6 nitrogen and oxygen atoms in total. The first-order valence-electron chi connectivity index (χ1n) is 10.4.